The molecule has 0 spiro atoms. The summed E-state index contributed by atoms with van der Waals surface area (Å²) in [6.45, 7) is 5.83. The number of benzene rings is 2. The average Bonchev–Trinajstić information content (AvgIpc) is 2.61. The Bertz CT molecular complexity index is 783. The van der Waals surface area contributed by atoms with Gasteiger partial charge in [0.1, 0.15) is 0 Å². The van der Waals surface area contributed by atoms with Gasteiger partial charge in [-0.2, -0.15) is 5.10 Å². The van der Waals surface area contributed by atoms with Crippen molar-refractivity contribution >= 4 is 23.2 Å². The van der Waals surface area contributed by atoms with Crippen molar-refractivity contribution in [3.05, 3.63) is 65.2 Å². The second kappa shape index (κ2) is 8.78. The fourth-order valence-corrected chi connectivity index (χ4v) is 2.22. The van der Waals surface area contributed by atoms with Gasteiger partial charge in [0.15, 0.2) is 0 Å². The van der Waals surface area contributed by atoms with Crippen molar-refractivity contribution in [3.63, 3.8) is 0 Å². The van der Waals surface area contributed by atoms with Crippen LogP contribution in [0.2, 0.25) is 0 Å². The van der Waals surface area contributed by atoms with Gasteiger partial charge in [-0.1, -0.05) is 36.4 Å². The van der Waals surface area contributed by atoms with E-state index >= 15 is 0 Å². The largest absolute Gasteiger partial charge is 0.326 e. The minimum Gasteiger partial charge on any atom is -0.326 e. The van der Waals surface area contributed by atoms with Crippen molar-refractivity contribution in [3.8, 4) is 0 Å². The standard InChI is InChI=1S/C20H23N3O2/c1-14-9-10-18(13-15(14)2)21-19(24)11-12-20(25)23-22-16(3)17-7-5-4-6-8-17/h4-10,13H,11-12H2,1-3H3,(H,21,24)(H,23,25)/b22-16+. The smallest absolute Gasteiger partial charge is 0.240 e. The Morgan fingerprint density at radius 1 is 0.920 bits per heavy atom. The molecule has 0 radical (unpaired) electrons. The Hall–Kier alpha value is -2.95. The van der Waals surface area contributed by atoms with Gasteiger partial charge in [0.05, 0.1) is 5.71 Å². The van der Waals surface area contributed by atoms with E-state index in [4.69, 9.17) is 0 Å². The summed E-state index contributed by atoms with van der Waals surface area (Å²) >= 11 is 0. The van der Waals surface area contributed by atoms with E-state index in [0.717, 1.165) is 16.8 Å². The zero-order chi connectivity index (χ0) is 18.2. The van der Waals surface area contributed by atoms with Crippen molar-refractivity contribution in [2.75, 3.05) is 5.32 Å². The summed E-state index contributed by atoms with van der Waals surface area (Å²) in [6, 6.07) is 15.3. The third-order valence-electron chi connectivity index (χ3n) is 3.91. The van der Waals surface area contributed by atoms with Crippen molar-refractivity contribution in [1.82, 2.24) is 5.43 Å². The Morgan fingerprint density at radius 2 is 1.60 bits per heavy atom. The van der Waals surface area contributed by atoms with Crippen LogP contribution in [0.15, 0.2) is 53.6 Å². The first-order valence-electron chi connectivity index (χ1n) is 8.21. The molecule has 0 aliphatic rings. The summed E-state index contributed by atoms with van der Waals surface area (Å²) in [4.78, 5) is 23.8. The molecule has 130 valence electrons. The van der Waals surface area contributed by atoms with E-state index in [1.165, 1.54) is 5.56 Å². The predicted octanol–water partition coefficient (Wildman–Crippen LogP) is 3.56. The molecule has 0 heterocycles. The van der Waals surface area contributed by atoms with Crippen LogP contribution in [0.1, 0.15) is 36.5 Å². The lowest BCUT2D eigenvalue weighted by molar-refractivity contribution is -0.124. The van der Waals surface area contributed by atoms with Crippen LogP contribution >= 0.6 is 0 Å². The Balaban J connectivity index is 1.79. The van der Waals surface area contributed by atoms with Gasteiger partial charge < -0.3 is 5.32 Å². The molecule has 2 aromatic carbocycles. The Kier molecular flexibility index (Phi) is 6.46. The highest BCUT2D eigenvalue weighted by molar-refractivity contribution is 5.99. The lowest BCUT2D eigenvalue weighted by atomic mass is 10.1. The summed E-state index contributed by atoms with van der Waals surface area (Å²) in [5, 5.41) is 6.86. The van der Waals surface area contributed by atoms with Crippen LogP contribution in [0.3, 0.4) is 0 Å². The number of hydrogen-bond donors (Lipinski definition) is 2. The lowest BCUT2D eigenvalue weighted by Gasteiger charge is -2.07. The number of hydrazone groups is 1. The van der Waals surface area contributed by atoms with Gasteiger partial charge in [0.25, 0.3) is 0 Å². The predicted molar refractivity (Wildman–Crippen MR) is 101 cm³/mol. The Morgan fingerprint density at radius 3 is 2.28 bits per heavy atom. The van der Waals surface area contributed by atoms with Crippen LogP contribution in [0.4, 0.5) is 5.69 Å². The molecule has 0 aliphatic carbocycles. The van der Waals surface area contributed by atoms with E-state index in [1.807, 2.05) is 69.3 Å². The van der Waals surface area contributed by atoms with Crippen molar-refractivity contribution < 1.29 is 9.59 Å². The van der Waals surface area contributed by atoms with Gasteiger partial charge >= 0.3 is 0 Å². The fraction of sp³-hybridized carbons (Fsp3) is 0.250. The number of carbonyl (C=O) groups is 2. The highest BCUT2D eigenvalue weighted by Gasteiger charge is 2.08. The highest BCUT2D eigenvalue weighted by atomic mass is 16.2. The fourth-order valence-electron chi connectivity index (χ4n) is 2.22. The van der Waals surface area contributed by atoms with Crippen LogP contribution in [0.5, 0.6) is 0 Å². The molecular weight excluding hydrogens is 314 g/mol. The number of carbonyl (C=O) groups excluding carboxylic acids is 2. The van der Waals surface area contributed by atoms with Crippen LogP contribution < -0.4 is 10.7 Å². The van der Waals surface area contributed by atoms with Gasteiger partial charge in [-0.3, -0.25) is 9.59 Å². The number of aryl methyl sites for hydroxylation is 2. The van der Waals surface area contributed by atoms with Crippen molar-refractivity contribution in [2.24, 2.45) is 5.10 Å². The van der Waals surface area contributed by atoms with Gasteiger partial charge in [0.2, 0.25) is 11.8 Å². The van der Waals surface area contributed by atoms with E-state index in [0.29, 0.717) is 5.71 Å². The molecule has 2 amide bonds. The molecule has 0 bridgehead atoms. The third-order valence-corrected chi connectivity index (χ3v) is 3.91. The summed E-state index contributed by atoms with van der Waals surface area (Å²) in [5.41, 5.74) is 7.17. The van der Waals surface area contributed by atoms with Crippen molar-refractivity contribution in [1.29, 1.82) is 0 Å². The number of amides is 2. The topological polar surface area (TPSA) is 70.6 Å². The van der Waals surface area contributed by atoms with Crippen LogP contribution in [0, 0.1) is 13.8 Å². The molecule has 0 saturated heterocycles. The molecular formula is C20H23N3O2. The maximum Gasteiger partial charge on any atom is 0.240 e. The lowest BCUT2D eigenvalue weighted by Crippen LogP contribution is -2.21. The molecule has 2 rings (SSSR count). The maximum atomic E-state index is 11.9. The summed E-state index contributed by atoms with van der Waals surface area (Å²) in [5.74, 6) is -0.479. The molecule has 0 unspecified atom stereocenters. The molecule has 0 atom stereocenters. The van der Waals surface area contributed by atoms with E-state index in [9.17, 15) is 9.59 Å². The first-order chi connectivity index (χ1) is 12.0. The van der Waals surface area contributed by atoms with Crippen molar-refractivity contribution in [2.45, 2.75) is 33.6 Å². The van der Waals surface area contributed by atoms with Gasteiger partial charge in [-0.25, -0.2) is 5.43 Å². The normalized spacial score (nSPS) is 11.1. The summed E-state index contributed by atoms with van der Waals surface area (Å²) in [7, 11) is 0. The molecule has 25 heavy (non-hydrogen) atoms. The maximum absolute atomic E-state index is 11.9. The third kappa shape index (κ3) is 5.88. The van der Waals surface area contributed by atoms with Crippen LogP contribution in [-0.2, 0) is 9.59 Å². The number of hydrogen-bond acceptors (Lipinski definition) is 3. The SMILES string of the molecule is C/C(=N\NC(=O)CCC(=O)Nc1ccc(C)c(C)c1)c1ccccc1. The second-order valence-corrected chi connectivity index (χ2v) is 5.95. The number of nitrogens with zero attached hydrogens (tertiary/aromatic N) is 1. The molecule has 5 nitrogen and oxygen atoms in total. The van der Waals surface area contributed by atoms with Crippen LogP contribution in [0.25, 0.3) is 0 Å². The van der Waals surface area contributed by atoms with E-state index in [1.54, 1.807) is 0 Å². The van der Waals surface area contributed by atoms with Crippen LogP contribution in [-0.4, -0.2) is 17.5 Å². The number of nitrogens with one attached hydrogen (secondary N) is 2. The minimum absolute atomic E-state index is 0.0856. The summed E-state index contributed by atoms with van der Waals surface area (Å²) in [6.07, 6.45) is 0.195. The molecule has 2 aromatic rings. The molecule has 2 N–H and O–H groups in total. The van der Waals surface area contributed by atoms with E-state index < -0.39 is 0 Å². The number of rotatable bonds is 6. The molecule has 0 aromatic heterocycles. The monoisotopic (exact) mass is 337 g/mol. The first-order valence-corrected chi connectivity index (χ1v) is 8.21. The van der Waals surface area contributed by atoms with E-state index in [2.05, 4.69) is 15.8 Å². The molecule has 0 aliphatic heterocycles. The highest BCUT2D eigenvalue weighted by Crippen LogP contribution is 2.14. The molecule has 0 saturated carbocycles. The molecule has 5 heteroatoms. The quantitative estimate of drug-likeness (QED) is 0.625. The van der Waals surface area contributed by atoms with Gasteiger partial charge in [0, 0.05) is 18.5 Å². The van der Waals surface area contributed by atoms with Gasteiger partial charge in [-0.05, 0) is 49.6 Å². The van der Waals surface area contributed by atoms with E-state index in [-0.39, 0.29) is 24.7 Å². The second-order valence-electron chi connectivity index (χ2n) is 5.95. The number of anilines is 1. The van der Waals surface area contributed by atoms with Gasteiger partial charge in [-0.15, -0.1) is 0 Å². The zero-order valence-corrected chi connectivity index (χ0v) is 14.8. The summed E-state index contributed by atoms with van der Waals surface area (Å²) < 4.78 is 0. The Labute approximate surface area is 148 Å². The zero-order valence-electron chi connectivity index (χ0n) is 14.8. The minimum atomic E-state index is -0.287. The first kappa shape index (κ1) is 18.4. The average molecular weight is 337 g/mol. The molecule has 0 fully saturated rings.